The van der Waals surface area contributed by atoms with E-state index in [4.69, 9.17) is 34.6 Å². The lowest BCUT2D eigenvalue weighted by molar-refractivity contribution is -0.111. The van der Waals surface area contributed by atoms with E-state index in [9.17, 15) is 13.2 Å². The van der Waals surface area contributed by atoms with Crippen molar-refractivity contribution in [1.29, 1.82) is 0 Å². The second-order valence-electron chi connectivity index (χ2n) is 7.47. The van der Waals surface area contributed by atoms with Crippen LogP contribution in [0.2, 0.25) is 0 Å². The van der Waals surface area contributed by atoms with Gasteiger partial charge in [0.15, 0.2) is 11.5 Å². The third-order valence-electron chi connectivity index (χ3n) is 5.09. The predicted octanol–water partition coefficient (Wildman–Crippen LogP) is 3.31. The Morgan fingerprint density at radius 1 is 0.811 bits per heavy atom. The predicted molar refractivity (Wildman–Crippen MR) is 140 cm³/mol. The highest BCUT2D eigenvalue weighted by atomic mass is 32.2. The van der Waals surface area contributed by atoms with Gasteiger partial charge in [-0.2, -0.15) is 8.42 Å². The molecule has 37 heavy (non-hydrogen) atoms. The molecule has 0 radical (unpaired) electrons. The van der Waals surface area contributed by atoms with Gasteiger partial charge in [0.1, 0.15) is 22.1 Å². The third kappa shape index (κ3) is 6.35. The van der Waals surface area contributed by atoms with Crippen LogP contribution >= 0.6 is 0 Å². The summed E-state index contributed by atoms with van der Waals surface area (Å²) >= 11 is 0. The quantitative estimate of drug-likeness (QED) is 0.202. The maximum atomic E-state index is 12.8. The molecule has 0 saturated carbocycles. The molecule has 3 aromatic carbocycles. The first kappa shape index (κ1) is 27.0. The zero-order valence-corrected chi connectivity index (χ0v) is 21.4. The Bertz CT molecular complexity index is 1410. The number of nitrogens with one attached hydrogen (secondary N) is 1. The van der Waals surface area contributed by atoms with E-state index in [2.05, 4.69) is 5.32 Å². The average Bonchev–Trinajstić information content (AvgIpc) is 2.86. The van der Waals surface area contributed by atoms with Gasteiger partial charge in [0, 0.05) is 35.6 Å². The monoisotopic (exact) mass is 529 g/mol. The maximum absolute atomic E-state index is 12.8. The number of nitrogen functional groups attached to an aromatic ring is 2. The minimum absolute atomic E-state index is 0.0713. The Balaban J connectivity index is 1.85. The first-order chi connectivity index (χ1) is 17.6. The molecule has 0 spiro atoms. The first-order valence-electron chi connectivity index (χ1n) is 10.7. The number of nitrogens with two attached hydrogens (primary N) is 2. The van der Waals surface area contributed by atoms with Crippen molar-refractivity contribution >= 4 is 39.2 Å². The molecule has 0 bridgehead atoms. The first-order valence-corrected chi connectivity index (χ1v) is 12.1. The van der Waals surface area contributed by atoms with Crippen LogP contribution in [0.4, 0.5) is 17.1 Å². The summed E-state index contributed by atoms with van der Waals surface area (Å²) in [5.74, 6) is 0.858. The number of carbonyl (C=O) groups excluding carboxylic acids is 1. The summed E-state index contributed by atoms with van der Waals surface area (Å²) in [6.45, 7) is 0. The molecule has 0 atom stereocenters. The van der Waals surface area contributed by atoms with Crippen LogP contribution in [0, 0.1) is 0 Å². The number of methoxy groups -OCH3 is 4. The van der Waals surface area contributed by atoms with Crippen molar-refractivity contribution < 1.29 is 36.3 Å². The van der Waals surface area contributed by atoms with Gasteiger partial charge < -0.3 is 39.9 Å². The SMILES string of the molecule is COc1cc(OC)c(/C=C/C(=O)Nc2ccc(OC)c(OS(=O)(=O)c3ccc(N)cc3N)c2)c(OC)c1. The topological polar surface area (TPSA) is 161 Å². The van der Waals surface area contributed by atoms with Crippen molar-refractivity contribution in [1.82, 2.24) is 0 Å². The molecule has 0 heterocycles. The molecular weight excluding hydrogens is 502 g/mol. The van der Waals surface area contributed by atoms with Crippen molar-refractivity contribution in [2.24, 2.45) is 0 Å². The van der Waals surface area contributed by atoms with E-state index in [1.165, 1.54) is 77.0 Å². The normalized spacial score (nSPS) is 11.1. The van der Waals surface area contributed by atoms with E-state index in [0.29, 0.717) is 28.5 Å². The van der Waals surface area contributed by atoms with Crippen molar-refractivity contribution in [3.63, 3.8) is 0 Å². The van der Waals surface area contributed by atoms with Crippen LogP contribution in [0.15, 0.2) is 59.5 Å². The molecule has 0 saturated heterocycles. The lowest BCUT2D eigenvalue weighted by Gasteiger charge is -2.14. The Kier molecular flexibility index (Phi) is 8.35. The lowest BCUT2D eigenvalue weighted by atomic mass is 10.1. The molecule has 12 heteroatoms. The summed E-state index contributed by atoms with van der Waals surface area (Å²) < 4.78 is 52.1. The number of benzene rings is 3. The van der Waals surface area contributed by atoms with Crippen LogP contribution in [0.3, 0.4) is 0 Å². The highest BCUT2D eigenvalue weighted by Gasteiger charge is 2.22. The molecule has 0 aliphatic carbocycles. The molecule has 0 aromatic heterocycles. The number of rotatable bonds is 10. The van der Waals surface area contributed by atoms with Gasteiger partial charge >= 0.3 is 10.1 Å². The molecule has 0 fully saturated rings. The van der Waals surface area contributed by atoms with Gasteiger partial charge in [0.2, 0.25) is 5.91 Å². The van der Waals surface area contributed by atoms with Gasteiger partial charge in [0.25, 0.3) is 0 Å². The van der Waals surface area contributed by atoms with Crippen molar-refractivity contribution in [2.45, 2.75) is 4.90 Å². The lowest BCUT2D eigenvalue weighted by Crippen LogP contribution is -2.13. The van der Waals surface area contributed by atoms with Crippen LogP contribution in [0.5, 0.6) is 28.7 Å². The fourth-order valence-corrected chi connectivity index (χ4v) is 4.36. The smallest absolute Gasteiger partial charge is 0.341 e. The molecule has 5 N–H and O–H groups in total. The molecule has 3 rings (SSSR count). The summed E-state index contributed by atoms with van der Waals surface area (Å²) in [7, 11) is 1.50. The summed E-state index contributed by atoms with van der Waals surface area (Å²) in [5, 5.41) is 2.64. The zero-order chi connectivity index (χ0) is 27.2. The van der Waals surface area contributed by atoms with E-state index in [1.54, 1.807) is 12.1 Å². The molecule has 0 unspecified atom stereocenters. The van der Waals surface area contributed by atoms with Gasteiger partial charge in [-0.1, -0.05) is 0 Å². The Morgan fingerprint density at radius 3 is 2.03 bits per heavy atom. The Labute approximate surface area is 214 Å². The average molecular weight is 530 g/mol. The van der Waals surface area contributed by atoms with Crippen LogP contribution in [-0.4, -0.2) is 42.8 Å². The van der Waals surface area contributed by atoms with E-state index < -0.39 is 16.0 Å². The van der Waals surface area contributed by atoms with E-state index in [-0.39, 0.29) is 27.8 Å². The minimum atomic E-state index is -4.33. The summed E-state index contributed by atoms with van der Waals surface area (Å²) in [4.78, 5) is 12.4. The molecule has 11 nitrogen and oxygen atoms in total. The van der Waals surface area contributed by atoms with Crippen LogP contribution < -0.4 is 39.9 Å². The number of amides is 1. The molecule has 0 aliphatic rings. The maximum Gasteiger partial charge on any atom is 0.341 e. The van der Waals surface area contributed by atoms with Crippen LogP contribution in [0.1, 0.15) is 5.56 Å². The molecule has 3 aromatic rings. The molecule has 196 valence electrons. The van der Waals surface area contributed by atoms with E-state index >= 15 is 0 Å². The number of carbonyl (C=O) groups is 1. The number of hydrogen-bond donors (Lipinski definition) is 3. The Hall–Kier alpha value is -4.58. The fraction of sp³-hybridized carbons (Fsp3) is 0.160. The molecule has 1 amide bonds. The number of hydrogen-bond acceptors (Lipinski definition) is 10. The number of ether oxygens (including phenoxy) is 4. The zero-order valence-electron chi connectivity index (χ0n) is 20.6. The van der Waals surface area contributed by atoms with Gasteiger partial charge in [-0.05, 0) is 36.4 Å². The van der Waals surface area contributed by atoms with Gasteiger partial charge in [0.05, 0.1) is 39.7 Å². The van der Waals surface area contributed by atoms with Crippen LogP contribution in [-0.2, 0) is 14.9 Å². The van der Waals surface area contributed by atoms with E-state index in [1.807, 2.05) is 0 Å². The van der Waals surface area contributed by atoms with Gasteiger partial charge in [-0.15, -0.1) is 0 Å². The summed E-state index contributed by atoms with van der Waals surface area (Å²) in [6, 6.07) is 11.5. The molecule has 0 aliphatic heterocycles. The minimum Gasteiger partial charge on any atom is -0.496 e. The highest BCUT2D eigenvalue weighted by molar-refractivity contribution is 7.87. The second kappa shape index (κ2) is 11.4. The third-order valence-corrected chi connectivity index (χ3v) is 6.40. The van der Waals surface area contributed by atoms with Crippen molar-refractivity contribution in [3.8, 4) is 28.7 Å². The van der Waals surface area contributed by atoms with Crippen molar-refractivity contribution in [2.75, 3.05) is 45.2 Å². The summed E-state index contributed by atoms with van der Waals surface area (Å²) in [5.41, 5.74) is 12.4. The second-order valence-corrected chi connectivity index (χ2v) is 8.98. The number of anilines is 3. The molecular formula is C25H27N3O8S. The fourth-order valence-electron chi connectivity index (χ4n) is 3.32. The van der Waals surface area contributed by atoms with Gasteiger partial charge in [-0.25, -0.2) is 0 Å². The highest BCUT2D eigenvalue weighted by Crippen LogP contribution is 2.36. The van der Waals surface area contributed by atoms with Gasteiger partial charge in [-0.3, -0.25) is 4.79 Å². The largest absolute Gasteiger partial charge is 0.496 e. The summed E-state index contributed by atoms with van der Waals surface area (Å²) in [6.07, 6.45) is 2.78. The van der Waals surface area contributed by atoms with Crippen LogP contribution in [0.25, 0.3) is 6.08 Å². The van der Waals surface area contributed by atoms with E-state index in [0.717, 1.165) is 0 Å². The van der Waals surface area contributed by atoms with Crippen molar-refractivity contribution in [3.05, 3.63) is 60.2 Å². The standard InChI is InChI=1S/C25H27N3O8S/c1-32-17-13-21(34-3)18(22(14-17)35-4)7-10-25(29)28-16-6-8-20(33-2)23(12-16)36-37(30,31)24-9-5-15(26)11-19(24)27/h5-14H,26-27H2,1-4H3,(H,28,29)/b10-7+. The Morgan fingerprint density at radius 2 is 1.46 bits per heavy atom.